The van der Waals surface area contributed by atoms with Crippen molar-refractivity contribution >= 4 is 52.5 Å². The molecule has 1 N–H and O–H groups in total. The van der Waals surface area contributed by atoms with Crippen LogP contribution in [-0.2, 0) is 9.59 Å². The summed E-state index contributed by atoms with van der Waals surface area (Å²) in [4.78, 5) is 25.9. The molecular weight excluding hydrogens is 348 g/mol. The monoisotopic (exact) mass is 358 g/mol. The zero-order valence-corrected chi connectivity index (χ0v) is 13.8. The first-order valence-electron chi connectivity index (χ1n) is 6.93. The molecule has 0 radical (unpaired) electrons. The first-order valence-corrected chi connectivity index (χ1v) is 7.72. The standard InChI is InChI=1S/C17H11ClN2O3S/c18-11-4-1-5-12(10-11)20-16(22)14(15(21)19-17(20)24)8-2-6-13-7-3-9-23-13/h1-10H,(H,19,21,24)/b6-2+,14-8-. The molecule has 1 fully saturated rings. The van der Waals surface area contributed by atoms with Crippen LogP contribution in [-0.4, -0.2) is 16.9 Å². The van der Waals surface area contributed by atoms with Gasteiger partial charge >= 0.3 is 0 Å². The number of hydrogen-bond donors (Lipinski definition) is 1. The molecule has 0 atom stereocenters. The van der Waals surface area contributed by atoms with Gasteiger partial charge in [-0.3, -0.25) is 19.8 Å². The number of amides is 2. The van der Waals surface area contributed by atoms with Gasteiger partial charge in [-0.15, -0.1) is 0 Å². The van der Waals surface area contributed by atoms with Crippen LogP contribution in [0, 0.1) is 0 Å². The fraction of sp³-hybridized carbons (Fsp3) is 0. The molecule has 1 aliphatic heterocycles. The lowest BCUT2D eigenvalue weighted by Gasteiger charge is -2.28. The minimum Gasteiger partial charge on any atom is -0.465 e. The molecular formula is C17H11ClN2O3S. The van der Waals surface area contributed by atoms with Crippen LogP contribution in [0.3, 0.4) is 0 Å². The summed E-state index contributed by atoms with van der Waals surface area (Å²) in [5.41, 5.74) is 0.449. The number of hydrogen-bond acceptors (Lipinski definition) is 4. The highest BCUT2D eigenvalue weighted by Crippen LogP contribution is 2.23. The minimum atomic E-state index is -0.549. The van der Waals surface area contributed by atoms with Crippen molar-refractivity contribution in [2.24, 2.45) is 0 Å². The summed E-state index contributed by atoms with van der Waals surface area (Å²) in [6.45, 7) is 0. The van der Waals surface area contributed by atoms with E-state index in [2.05, 4.69) is 5.32 Å². The molecule has 24 heavy (non-hydrogen) atoms. The van der Waals surface area contributed by atoms with E-state index >= 15 is 0 Å². The van der Waals surface area contributed by atoms with Crippen molar-refractivity contribution in [1.29, 1.82) is 0 Å². The number of anilines is 1. The Hall–Kier alpha value is -2.70. The van der Waals surface area contributed by atoms with E-state index in [1.54, 1.807) is 48.6 Å². The molecule has 1 saturated heterocycles. The van der Waals surface area contributed by atoms with Gasteiger partial charge in [-0.05, 0) is 54.7 Å². The number of nitrogens with one attached hydrogen (secondary N) is 1. The van der Waals surface area contributed by atoms with Crippen LogP contribution in [0.2, 0.25) is 5.02 Å². The molecule has 2 heterocycles. The maximum absolute atomic E-state index is 12.7. The summed E-state index contributed by atoms with van der Waals surface area (Å²) in [7, 11) is 0. The molecule has 120 valence electrons. The predicted molar refractivity (Wildman–Crippen MR) is 95.5 cm³/mol. The minimum absolute atomic E-state index is 0.0134. The van der Waals surface area contributed by atoms with Crippen molar-refractivity contribution in [3.63, 3.8) is 0 Å². The molecule has 1 aromatic carbocycles. The van der Waals surface area contributed by atoms with E-state index in [1.165, 1.54) is 17.2 Å². The number of carbonyl (C=O) groups is 2. The molecule has 3 rings (SSSR count). The molecule has 2 amide bonds. The van der Waals surface area contributed by atoms with Gasteiger partial charge in [0, 0.05) is 5.02 Å². The number of rotatable bonds is 3. The molecule has 1 aliphatic rings. The van der Waals surface area contributed by atoms with E-state index in [0.29, 0.717) is 16.5 Å². The lowest BCUT2D eigenvalue weighted by molar-refractivity contribution is -0.122. The summed E-state index contributed by atoms with van der Waals surface area (Å²) >= 11 is 11.1. The maximum atomic E-state index is 12.7. The second kappa shape index (κ2) is 6.82. The van der Waals surface area contributed by atoms with E-state index in [4.69, 9.17) is 28.2 Å². The van der Waals surface area contributed by atoms with Crippen LogP contribution in [0.15, 0.2) is 64.8 Å². The maximum Gasteiger partial charge on any atom is 0.270 e. The highest BCUT2D eigenvalue weighted by molar-refractivity contribution is 7.80. The summed E-state index contributed by atoms with van der Waals surface area (Å²) in [6.07, 6.45) is 6.16. The molecule has 7 heteroatoms. The quantitative estimate of drug-likeness (QED) is 0.519. The van der Waals surface area contributed by atoms with Gasteiger partial charge in [0.25, 0.3) is 11.8 Å². The van der Waals surface area contributed by atoms with E-state index in [1.807, 2.05) is 0 Å². The second-order valence-electron chi connectivity index (χ2n) is 4.83. The number of halogens is 1. The van der Waals surface area contributed by atoms with Gasteiger partial charge in [0.15, 0.2) is 5.11 Å². The Bertz CT molecular complexity index is 872. The molecule has 0 unspecified atom stereocenters. The topological polar surface area (TPSA) is 62.6 Å². The van der Waals surface area contributed by atoms with E-state index in [9.17, 15) is 9.59 Å². The number of carbonyl (C=O) groups excluding carboxylic acids is 2. The zero-order chi connectivity index (χ0) is 17.1. The molecule has 2 aromatic rings. The molecule has 0 spiro atoms. The number of allylic oxidation sites excluding steroid dienone is 2. The first kappa shape index (κ1) is 16.2. The van der Waals surface area contributed by atoms with Crippen molar-refractivity contribution in [3.05, 3.63) is 71.2 Å². The Labute approximate surface area is 148 Å². The fourth-order valence-corrected chi connectivity index (χ4v) is 2.62. The van der Waals surface area contributed by atoms with Crippen LogP contribution >= 0.6 is 23.8 Å². The number of thiocarbonyl (C=S) groups is 1. The van der Waals surface area contributed by atoms with Crippen LogP contribution in [0.25, 0.3) is 6.08 Å². The van der Waals surface area contributed by atoms with Gasteiger partial charge in [0.2, 0.25) is 0 Å². The zero-order valence-electron chi connectivity index (χ0n) is 12.2. The van der Waals surface area contributed by atoms with Crippen molar-refractivity contribution in [3.8, 4) is 0 Å². The molecule has 1 aromatic heterocycles. The van der Waals surface area contributed by atoms with Gasteiger partial charge in [-0.2, -0.15) is 0 Å². The Balaban J connectivity index is 1.91. The summed E-state index contributed by atoms with van der Waals surface area (Å²) in [6, 6.07) is 10.2. The van der Waals surface area contributed by atoms with Gasteiger partial charge in [0.05, 0.1) is 12.0 Å². The smallest absolute Gasteiger partial charge is 0.270 e. The van der Waals surface area contributed by atoms with Gasteiger partial charge in [-0.1, -0.05) is 23.7 Å². The van der Waals surface area contributed by atoms with Crippen LogP contribution in [0.4, 0.5) is 5.69 Å². The number of benzene rings is 1. The van der Waals surface area contributed by atoms with Crippen molar-refractivity contribution in [2.75, 3.05) is 4.90 Å². The van der Waals surface area contributed by atoms with Crippen molar-refractivity contribution in [1.82, 2.24) is 5.32 Å². The number of nitrogens with zero attached hydrogens (tertiary/aromatic N) is 1. The Morgan fingerprint density at radius 2 is 2.04 bits per heavy atom. The number of furan rings is 1. The van der Waals surface area contributed by atoms with Gasteiger partial charge in [-0.25, -0.2) is 0 Å². The van der Waals surface area contributed by atoms with Gasteiger partial charge in [0.1, 0.15) is 11.3 Å². The van der Waals surface area contributed by atoms with E-state index in [-0.39, 0.29) is 10.7 Å². The third-order valence-corrected chi connectivity index (χ3v) is 3.75. The Kier molecular flexibility index (Phi) is 4.59. The van der Waals surface area contributed by atoms with Crippen LogP contribution < -0.4 is 10.2 Å². The third-order valence-electron chi connectivity index (χ3n) is 3.23. The second-order valence-corrected chi connectivity index (χ2v) is 5.66. The van der Waals surface area contributed by atoms with Crippen molar-refractivity contribution in [2.45, 2.75) is 0 Å². The largest absolute Gasteiger partial charge is 0.465 e. The summed E-state index contributed by atoms with van der Waals surface area (Å²) in [5, 5.41) is 2.98. The molecule has 0 aliphatic carbocycles. The molecule has 0 saturated carbocycles. The SMILES string of the molecule is O=C1NC(=S)N(c2cccc(Cl)c2)C(=O)/C1=C\C=C\c1ccco1. The lowest BCUT2D eigenvalue weighted by Crippen LogP contribution is -2.54. The fourth-order valence-electron chi connectivity index (χ4n) is 2.15. The van der Waals surface area contributed by atoms with Crippen molar-refractivity contribution < 1.29 is 14.0 Å². The Morgan fingerprint density at radius 3 is 2.75 bits per heavy atom. The van der Waals surface area contributed by atoms with E-state index in [0.717, 1.165) is 0 Å². The normalized spacial score (nSPS) is 17.0. The average Bonchev–Trinajstić information content (AvgIpc) is 3.03. The highest BCUT2D eigenvalue weighted by atomic mass is 35.5. The van der Waals surface area contributed by atoms with Crippen LogP contribution in [0.5, 0.6) is 0 Å². The molecule has 0 bridgehead atoms. The van der Waals surface area contributed by atoms with Gasteiger partial charge < -0.3 is 4.42 Å². The average molecular weight is 359 g/mol. The van der Waals surface area contributed by atoms with Crippen LogP contribution in [0.1, 0.15) is 5.76 Å². The van der Waals surface area contributed by atoms with E-state index < -0.39 is 11.8 Å². The third kappa shape index (κ3) is 3.29. The lowest BCUT2D eigenvalue weighted by atomic mass is 10.1. The first-order chi connectivity index (χ1) is 11.6. The predicted octanol–water partition coefficient (Wildman–Crippen LogP) is 3.32. The summed E-state index contributed by atoms with van der Waals surface area (Å²) < 4.78 is 5.15. The molecule has 5 nitrogen and oxygen atoms in total. The highest BCUT2D eigenvalue weighted by Gasteiger charge is 2.34. The summed E-state index contributed by atoms with van der Waals surface area (Å²) in [5.74, 6) is -0.458. The Morgan fingerprint density at radius 1 is 1.21 bits per heavy atom.